The van der Waals surface area contributed by atoms with E-state index in [1.54, 1.807) is 0 Å². The minimum Gasteiger partial charge on any atom is -0.310 e. The third-order valence-corrected chi connectivity index (χ3v) is 6.04. The van der Waals surface area contributed by atoms with Crippen LogP contribution in [0.3, 0.4) is 0 Å². The van der Waals surface area contributed by atoms with Gasteiger partial charge in [-0.15, -0.1) is 0 Å². The number of hydrogen-bond acceptors (Lipinski definition) is 3. The molecule has 1 aromatic carbocycles. The first-order valence-electron chi connectivity index (χ1n) is 8.02. The molecule has 0 bridgehead atoms. The molecule has 1 aliphatic heterocycles. The molecule has 21 heavy (non-hydrogen) atoms. The number of halogens is 1. The Labute approximate surface area is 142 Å². The largest absolute Gasteiger partial charge is 0.310 e. The Bertz CT molecular complexity index is 427. The molecular formula is C17H27BrN2S. The highest BCUT2D eigenvalue weighted by molar-refractivity contribution is 9.10. The topological polar surface area (TPSA) is 15.3 Å². The fraction of sp³-hybridized carbons (Fsp3) is 0.647. The van der Waals surface area contributed by atoms with Gasteiger partial charge < -0.3 is 5.32 Å². The maximum absolute atomic E-state index is 3.72. The molecule has 2 rings (SSSR count). The Kier molecular flexibility index (Phi) is 7.58. The lowest BCUT2D eigenvalue weighted by Crippen LogP contribution is -2.42. The maximum atomic E-state index is 3.72. The first-order valence-corrected chi connectivity index (χ1v) is 9.96. The highest BCUT2D eigenvalue weighted by Crippen LogP contribution is 2.26. The van der Waals surface area contributed by atoms with Crippen LogP contribution in [0.5, 0.6) is 0 Å². The van der Waals surface area contributed by atoms with Crippen LogP contribution in [-0.4, -0.2) is 42.1 Å². The van der Waals surface area contributed by atoms with E-state index in [1.165, 1.54) is 47.5 Å². The van der Waals surface area contributed by atoms with Crippen molar-refractivity contribution in [3.63, 3.8) is 0 Å². The van der Waals surface area contributed by atoms with E-state index < -0.39 is 0 Å². The van der Waals surface area contributed by atoms with Gasteiger partial charge >= 0.3 is 0 Å². The number of rotatable bonds is 7. The molecule has 1 aliphatic rings. The van der Waals surface area contributed by atoms with Crippen molar-refractivity contribution in [3.8, 4) is 0 Å². The van der Waals surface area contributed by atoms with E-state index in [0.29, 0.717) is 6.04 Å². The molecule has 4 heteroatoms. The monoisotopic (exact) mass is 370 g/mol. The molecule has 0 saturated carbocycles. The van der Waals surface area contributed by atoms with Gasteiger partial charge in [0, 0.05) is 41.2 Å². The van der Waals surface area contributed by atoms with Crippen molar-refractivity contribution in [3.05, 3.63) is 34.3 Å². The summed E-state index contributed by atoms with van der Waals surface area (Å²) in [7, 11) is 0. The number of nitrogens with one attached hydrogen (secondary N) is 1. The summed E-state index contributed by atoms with van der Waals surface area (Å²) < 4.78 is 1.22. The summed E-state index contributed by atoms with van der Waals surface area (Å²) >= 11 is 5.80. The van der Waals surface area contributed by atoms with Gasteiger partial charge in [0.15, 0.2) is 0 Å². The van der Waals surface area contributed by atoms with Gasteiger partial charge in [-0.3, -0.25) is 4.90 Å². The first-order chi connectivity index (χ1) is 10.2. The van der Waals surface area contributed by atoms with E-state index in [2.05, 4.69) is 76.0 Å². The van der Waals surface area contributed by atoms with E-state index >= 15 is 0 Å². The summed E-state index contributed by atoms with van der Waals surface area (Å²) in [5, 5.41) is 3.72. The lowest BCUT2D eigenvalue weighted by Gasteiger charge is -2.34. The molecular weight excluding hydrogens is 344 g/mol. The van der Waals surface area contributed by atoms with Crippen molar-refractivity contribution in [1.82, 2.24) is 10.2 Å². The molecule has 1 heterocycles. The normalized spacial score (nSPS) is 21.4. The van der Waals surface area contributed by atoms with Crippen LogP contribution in [0.15, 0.2) is 28.7 Å². The second kappa shape index (κ2) is 9.19. The van der Waals surface area contributed by atoms with Crippen LogP contribution in [0.1, 0.15) is 38.3 Å². The fourth-order valence-electron chi connectivity index (χ4n) is 2.83. The molecule has 2 atom stereocenters. The van der Waals surface area contributed by atoms with E-state index in [-0.39, 0.29) is 0 Å². The summed E-state index contributed by atoms with van der Waals surface area (Å²) in [5.74, 6) is 2.56. The van der Waals surface area contributed by atoms with Crippen molar-refractivity contribution < 1.29 is 0 Å². The molecule has 2 unspecified atom stereocenters. The zero-order chi connectivity index (χ0) is 15.1. The molecule has 118 valence electrons. The van der Waals surface area contributed by atoms with E-state index in [1.807, 2.05) is 0 Å². The van der Waals surface area contributed by atoms with Gasteiger partial charge in [-0.25, -0.2) is 0 Å². The molecule has 0 aromatic heterocycles. The van der Waals surface area contributed by atoms with Gasteiger partial charge in [0.1, 0.15) is 0 Å². The number of thioether (sulfide) groups is 1. The van der Waals surface area contributed by atoms with Crippen molar-refractivity contribution in [1.29, 1.82) is 0 Å². The van der Waals surface area contributed by atoms with Crippen molar-refractivity contribution in [2.24, 2.45) is 0 Å². The summed E-state index contributed by atoms with van der Waals surface area (Å²) in [6.45, 7) is 8.09. The Morgan fingerprint density at radius 3 is 2.95 bits per heavy atom. The maximum Gasteiger partial charge on any atom is 0.0343 e. The molecule has 0 aliphatic carbocycles. The van der Waals surface area contributed by atoms with Crippen molar-refractivity contribution in [2.75, 3.05) is 31.1 Å². The molecule has 1 saturated heterocycles. The number of nitrogens with zero attached hydrogens (tertiary/aromatic N) is 1. The minimum absolute atomic E-state index is 0.447. The van der Waals surface area contributed by atoms with E-state index in [9.17, 15) is 0 Å². The third kappa shape index (κ3) is 5.27. The van der Waals surface area contributed by atoms with Crippen LogP contribution in [-0.2, 0) is 0 Å². The molecule has 0 radical (unpaired) electrons. The quantitative estimate of drug-likeness (QED) is 0.769. The van der Waals surface area contributed by atoms with Crippen LogP contribution in [0.4, 0.5) is 0 Å². The first kappa shape index (κ1) is 17.3. The number of hydrogen-bond donors (Lipinski definition) is 1. The van der Waals surface area contributed by atoms with Crippen molar-refractivity contribution in [2.45, 2.75) is 38.8 Å². The second-order valence-electron chi connectivity index (χ2n) is 5.78. The van der Waals surface area contributed by atoms with Gasteiger partial charge in [-0.05, 0) is 37.9 Å². The van der Waals surface area contributed by atoms with Crippen LogP contribution in [0.25, 0.3) is 0 Å². The third-order valence-electron chi connectivity index (χ3n) is 4.13. The summed E-state index contributed by atoms with van der Waals surface area (Å²) in [6, 6.07) is 9.79. The molecule has 2 nitrogen and oxygen atoms in total. The van der Waals surface area contributed by atoms with Gasteiger partial charge in [-0.2, -0.15) is 11.8 Å². The van der Waals surface area contributed by atoms with Gasteiger partial charge in [0.2, 0.25) is 0 Å². The Morgan fingerprint density at radius 1 is 1.43 bits per heavy atom. The van der Waals surface area contributed by atoms with Crippen LogP contribution in [0, 0.1) is 0 Å². The lowest BCUT2D eigenvalue weighted by molar-refractivity contribution is 0.219. The predicted octanol–water partition coefficient (Wildman–Crippen LogP) is 4.32. The summed E-state index contributed by atoms with van der Waals surface area (Å²) in [5.41, 5.74) is 1.39. The molecule has 1 fully saturated rings. The average molecular weight is 371 g/mol. The SMILES string of the molecule is CCCNC(CCN1CCSCC1C)c1ccccc1Br. The zero-order valence-corrected chi connectivity index (χ0v) is 15.5. The molecule has 0 amide bonds. The lowest BCUT2D eigenvalue weighted by atomic mass is 10.0. The van der Waals surface area contributed by atoms with E-state index in [4.69, 9.17) is 0 Å². The van der Waals surface area contributed by atoms with Crippen LogP contribution < -0.4 is 5.32 Å². The Hall–Kier alpha value is -0.0300. The standard InChI is InChI=1S/C17H27BrN2S/c1-3-9-19-17(15-6-4-5-7-16(15)18)8-10-20-11-12-21-13-14(20)2/h4-7,14,17,19H,3,8-13H2,1-2H3. The Morgan fingerprint density at radius 2 is 2.24 bits per heavy atom. The zero-order valence-electron chi connectivity index (χ0n) is 13.1. The fourth-order valence-corrected chi connectivity index (χ4v) is 4.48. The predicted molar refractivity (Wildman–Crippen MR) is 98.2 cm³/mol. The summed E-state index contributed by atoms with van der Waals surface area (Å²) in [6.07, 6.45) is 2.36. The van der Waals surface area contributed by atoms with Gasteiger partial charge in [0.05, 0.1) is 0 Å². The molecule has 1 N–H and O–H groups in total. The smallest absolute Gasteiger partial charge is 0.0343 e. The van der Waals surface area contributed by atoms with Crippen LogP contribution in [0.2, 0.25) is 0 Å². The number of benzene rings is 1. The van der Waals surface area contributed by atoms with Crippen molar-refractivity contribution >= 4 is 27.7 Å². The van der Waals surface area contributed by atoms with Gasteiger partial charge in [0.25, 0.3) is 0 Å². The average Bonchev–Trinajstić information content (AvgIpc) is 2.50. The van der Waals surface area contributed by atoms with Gasteiger partial charge in [-0.1, -0.05) is 41.1 Å². The summed E-state index contributed by atoms with van der Waals surface area (Å²) in [4.78, 5) is 2.65. The second-order valence-corrected chi connectivity index (χ2v) is 7.78. The molecule has 0 spiro atoms. The van der Waals surface area contributed by atoms with Crippen LogP contribution >= 0.6 is 27.7 Å². The Balaban J connectivity index is 1.97. The highest BCUT2D eigenvalue weighted by Gasteiger charge is 2.20. The van der Waals surface area contributed by atoms with E-state index in [0.717, 1.165) is 12.6 Å². The minimum atomic E-state index is 0.447. The highest BCUT2D eigenvalue weighted by atomic mass is 79.9. The molecule has 1 aromatic rings.